The number of nitrogens with one attached hydrogen (secondary N) is 1. The van der Waals surface area contributed by atoms with Crippen LogP contribution in [0, 0.1) is 0 Å². The van der Waals surface area contributed by atoms with Crippen molar-refractivity contribution in [3.8, 4) is 0 Å². The van der Waals surface area contributed by atoms with Gasteiger partial charge in [0.05, 0.1) is 6.61 Å². The van der Waals surface area contributed by atoms with Gasteiger partial charge in [0.25, 0.3) is 0 Å². The van der Waals surface area contributed by atoms with Gasteiger partial charge in [0.2, 0.25) is 0 Å². The molecule has 1 fully saturated rings. The number of alkyl carbamates (subject to hydrolysis) is 1. The SMILES string of the molecule is CC(C)N(CCO)[C@H]1CCCC[C@H]1NC(=O)OCc1ccccc1. The zero-order valence-electron chi connectivity index (χ0n) is 14.8. The van der Waals surface area contributed by atoms with Gasteiger partial charge in [-0.15, -0.1) is 0 Å². The van der Waals surface area contributed by atoms with Crippen LogP contribution in [-0.4, -0.2) is 47.4 Å². The average Bonchev–Trinajstić information content (AvgIpc) is 2.59. The third-order valence-corrected chi connectivity index (χ3v) is 4.69. The van der Waals surface area contributed by atoms with E-state index in [4.69, 9.17) is 4.74 Å². The summed E-state index contributed by atoms with van der Waals surface area (Å²) in [7, 11) is 0. The molecule has 0 heterocycles. The predicted molar refractivity (Wildman–Crippen MR) is 94.7 cm³/mol. The normalized spacial score (nSPS) is 21.0. The van der Waals surface area contributed by atoms with Crippen molar-refractivity contribution < 1.29 is 14.6 Å². The predicted octanol–water partition coefficient (Wildman–Crippen LogP) is 2.93. The molecule has 0 saturated heterocycles. The first-order valence-corrected chi connectivity index (χ1v) is 8.95. The molecule has 0 unspecified atom stereocenters. The second-order valence-electron chi connectivity index (χ2n) is 6.72. The Balaban J connectivity index is 1.90. The number of aliphatic hydroxyl groups excluding tert-OH is 1. The van der Waals surface area contributed by atoms with E-state index in [9.17, 15) is 9.90 Å². The Morgan fingerprint density at radius 1 is 1.29 bits per heavy atom. The Bertz CT molecular complexity index is 493. The van der Waals surface area contributed by atoms with Gasteiger partial charge in [0.15, 0.2) is 0 Å². The summed E-state index contributed by atoms with van der Waals surface area (Å²) in [5, 5.41) is 12.4. The molecule has 1 aromatic carbocycles. The number of nitrogens with zero attached hydrogens (tertiary/aromatic N) is 1. The van der Waals surface area contributed by atoms with Crippen LogP contribution >= 0.6 is 0 Å². The smallest absolute Gasteiger partial charge is 0.407 e. The number of benzene rings is 1. The Kier molecular flexibility index (Phi) is 7.53. The first kappa shape index (κ1) is 18.7. The number of ether oxygens (including phenoxy) is 1. The fourth-order valence-electron chi connectivity index (χ4n) is 3.52. The Hall–Kier alpha value is -1.59. The Labute approximate surface area is 145 Å². The number of hydrogen-bond acceptors (Lipinski definition) is 4. The highest BCUT2D eigenvalue weighted by Crippen LogP contribution is 2.25. The Morgan fingerprint density at radius 2 is 2.00 bits per heavy atom. The highest BCUT2D eigenvalue weighted by atomic mass is 16.5. The van der Waals surface area contributed by atoms with Gasteiger partial charge in [0.1, 0.15) is 6.61 Å². The van der Waals surface area contributed by atoms with Crippen molar-refractivity contribution >= 4 is 6.09 Å². The molecule has 5 nitrogen and oxygen atoms in total. The number of hydrogen-bond donors (Lipinski definition) is 2. The van der Waals surface area contributed by atoms with Crippen molar-refractivity contribution in [3.05, 3.63) is 35.9 Å². The highest BCUT2D eigenvalue weighted by Gasteiger charge is 2.32. The molecule has 1 aliphatic rings. The van der Waals surface area contributed by atoms with Crippen molar-refractivity contribution in [3.63, 3.8) is 0 Å². The maximum Gasteiger partial charge on any atom is 0.407 e. The summed E-state index contributed by atoms with van der Waals surface area (Å²) in [6.45, 7) is 5.33. The minimum Gasteiger partial charge on any atom is -0.445 e. The molecule has 0 aromatic heterocycles. The van der Waals surface area contributed by atoms with Crippen LogP contribution in [0.25, 0.3) is 0 Å². The van der Waals surface area contributed by atoms with E-state index in [-0.39, 0.29) is 31.4 Å². The van der Waals surface area contributed by atoms with Crippen molar-refractivity contribution in [2.24, 2.45) is 0 Å². The van der Waals surface area contributed by atoms with E-state index in [0.717, 1.165) is 31.2 Å². The van der Waals surface area contributed by atoms with Gasteiger partial charge in [0, 0.05) is 24.7 Å². The second-order valence-corrected chi connectivity index (χ2v) is 6.72. The molecule has 0 spiro atoms. The maximum atomic E-state index is 12.2. The van der Waals surface area contributed by atoms with E-state index in [0.29, 0.717) is 12.6 Å². The molecule has 2 atom stereocenters. The van der Waals surface area contributed by atoms with Crippen LogP contribution in [0.5, 0.6) is 0 Å². The van der Waals surface area contributed by atoms with Crippen LogP contribution in [0.3, 0.4) is 0 Å². The van der Waals surface area contributed by atoms with E-state index in [1.807, 2.05) is 30.3 Å². The molecule has 0 aliphatic heterocycles. The summed E-state index contributed by atoms with van der Waals surface area (Å²) in [5.41, 5.74) is 0.983. The first-order chi connectivity index (χ1) is 11.6. The zero-order valence-corrected chi connectivity index (χ0v) is 14.8. The van der Waals surface area contributed by atoms with Crippen LogP contribution in [-0.2, 0) is 11.3 Å². The van der Waals surface area contributed by atoms with E-state index in [1.54, 1.807) is 0 Å². The van der Waals surface area contributed by atoms with Crippen molar-refractivity contribution in [2.75, 3.05) is 13.2 Å². The van der Waals surface area contributed by atoms with E-state index < -0.39 is 0 Å². The number of carbonyl (C=O) groups excluding carboxylic acids is 1. The molecular formula is C19H30N2O3. The van der Waals surface area contributed by atoms with Crippen LogP contribution in [0.15, 0.2) is 30.3 Å². The lowest BCUT2D eigenvalue weighted by Crippen LogP contribution is -2.55. The second kappa shape index (κ2) is 9.64. The largest absolute Gasteiger partial charge is 0.445 e. The van der Waals surface area contributed by atoms with Crippen molar-refractivity contribution in [1.82, 2.24) is 10.2 Å². The summed E-state index contributed by atoms with van der Waals surface area (Å²) in [6.07, 6.45) is 3.92. The minimum absolute atomic E-state index is 0.0796. The molecule has 1 aliphatic carbocycles. The highest BCUT2D eigenvalue weighted by molar-refractivity contribution is 5.67. The number of aliphatic hydroxyl groups is 1. The van der Waals surface area contributed by atoms with Gasteiger partial charge in [-0.25, -0.2) is 4.79 Å². The summed E-state index contributed by atoms with van der Waals surface area (Å²) < 4.78 is 5.36. The van der Waals surface area contributed by atoms with Crippen molar-refractivity contribution in [2.45, 2.75) is 64.3 Å². The van der Waals surface area contributed by atoms with E-state index in [1.165, 1.54) is 0 Å². The van der Waals surface area contributed by atoms with Gasteiger partial charge in [-0.1, -0.05) is 43.2 Å². The summed E-state index contributed by atoms with van der Waals surface area (Å²) in [6, 6.07) is 10.4. The van der Waals surface area contributed by atoms with Gasteiger partial charge >= 0.3 is 6.09 Å². The third kappa shape index (κ3) is 5.49. The standard InChI is InChI=1S/C19H30N2O3/c1-15(2)21(12-13-22)18-11-7-6-10-17(18)20-19(23)24-14-16-8-4-3-5-9-16/h3-5,8-9,15,17-18,22H,6-7,10-14H2,1-2H3,(H,20,23)/t17-,18+/m1/s1. The fraction of sp³-hybridized carbons (Fsp3) is 0.632. The van der Waals surface area contributed by atoms with Crippen LogP contribution in [0.4, 0.5) is 4.79 Å². The quantitative estimate of drug-likeness (QED) is 0.805. The number of rotatable bonds is 7. The molecule has 0 bridgehead atoms. The molecule has 24 heavy (non-hydrogen) atoms. The maximum absolute atomic E-state index is 12.2. The monoisotopic (exact) mass is 334 g/mol. The van der Waals surface area contributed by atoms with Crippen LogP contribution in [0.1, 0.15) is 45.1 Å². The molecule has 5 heteroatoms. The summed E-state index contributed by atoms with van der Waals surface area (Å²) in [5.74, 6) is 0. The lowest BCUT2D eigenvalue weighted by atomic mass is 9.88. The lowest BCUT2D eigenvalue weighted by molar-refractivity contribution is 0.0663. The Morgan fingerprint density at radius 3 is 2.67 bits per heavy atom. The summed E-state index contributed by atoms with van der Waals surface area (Å²) >= 11 is 0. The van der Waals surface area contributed by atoms with Crippen LogP contribution in [0.2, 0.25) is 0 Å². The molecule has 0 radical (unpaired) electrons. The topological polar surface area (TPSA) is 61.8 Å². The van der Waals surface area contributed by atoms with Crippen LogP contribution < -0.4 is 5.32 Å². The minimum atomic E-state index is -0.358. The van der Waals surface area contributed by atoms with Gasteiger partial charge < -0.3 is 15.2 Å². The molecule has 2 rings (SSSR count). The zero-order chi connectivity index (χ0) is 17.4. The molecule has 1 amide bonds. The molecule has 1 saturated carbocycles. The molecule has 2 N–H and O–H groups in total. The molecule has 134 valence electrons. The number of amides is 1. The van der Waals surface area contributed by atoms with Crippen molar-refractivity contribution in [1.29, 1.82) is 0 Å². The molecular weight excluding hydrogens is 304 g/mol. The number of carbonyl (C=O) groups is 1. The third-order valence-electron chi connectivity index (χ3n) is 4.69. The first-order valence-electron chi connectivity index (χ1n) is 8.95. The van der Waals surface area contributed by atoms with Gasteiger partial charge in [-0.2, -0.15) is 0 Å². The van der Waals surface area contributed by atoms with E-state index in [2.05, 4.69) is 24.1 Å². The summed E-state index contributed by atoms with van der Waals surface area (Å²) in [4.78, 5) is 14.5. The van der Waals surface area contributed by atoms with Gasteiger partial charge in [-0.05, 0) is 32.3 Å². The molecule has 1 aromatic rings. The lowest BCUT2D eigenvalue weighted by Gasteiger charge is -2.42. The van der Waals surface area contributed by atoms with E-state index >= 15 is 0 Å². The average molecular weight is 334 g/mol. The fourth-order valence-corrected chi connectivity index (χ4v) is 3.52. The van der Waals surface area contributed by atoms with Gasteiger partial charge in [-0.3, -0.25) is 4.90 Å².